The van der Waals surface area contributed by atoms with Crippen molar-refractivity contribution in [2.24, 2.45) is 0 Å². The molecule has 2 aromatic heterocycles. The molecule has 21 heavy (non-hydrogen) atoms. The van der Waals surface area contributed by atoms with Crippen molar-refractivity contribution >= 4 is 26.3 Å². The van der Waals surface area contributed by atoms with E-state index in [1.54, 1.807) is 12.1 Å². The summed E-state index contributed by atoms with van der Waals surface area (Å²) < 4.78 is 28.7. The SMILES string of the molecule is COC(Cc1cccc2nc(P(=O)(O)O)cn12)P(=O)(O)O. The number of aromatic nitrogens is 2. The largest absolute Gasteiger partial charge is 0.376 e. The fraction of sp³-hybridized carbons (Fsp3) is 0.300. The van der Waals surface area contributed by atoms with Gasteiger partial charge < -0.3 is 28.7 Å². The first kappa shape index (κ1) is 16.3. The van der Waals surface area contributed by atoms with Gasteiger partial charge in [0, 0.05) is 25.4 Å². The van der Waals surface area contributed by atoms with Gasteiger partial charge >= 0.3 is 15.2 Å². The third-order valence-electron chi connectivity index (χ3n) is 2.89. The Morgan fingerprint density at radius 2 is 1.95 bits per heavy atom. The zero-order chi connectivity index (χ0) is 15.8. The van der Waals surface area contributed by atoms with Gasteiger partial charge in [0.1, 0.15) is 5.65 Å². The average molecular weight is 336 g/mol. The van der Waals surface area contributed by atoms with Crippen LogP contribution in [-0.4, -0.2) is 41.9 Å². The second kappa shape index (κ2) is 5.62. The van der Waals surface area contributed by atoms with Gasteiger partial charge in [-0.3, -0.25) is 9.13 Å². The van der Waals surface area contributed by atoms with Gasteiger partial charge in [0.05, 0.1) is 0 Å². The second-order valence-corrected chi connectivity index (χ2v) is 7.67. The highest BCUT2D eigenvalue weighted by molar-refractivity contribution is 7.60. The van der Waals surface area contributed by atoms with Crippen LogP contribution in [0.15, 0.2) is 24.4 Å². The van der Waals surface area contributed by atoms with E-state index < -0.39 is 26.5 Å². The van der Waals surface area contributed by atoms with Crippen molar-refractivity contribution in [1.82, 2.24) is 9.38 Å². The first-order valence-electron chi connectivity index (χ1n) is 5.74. The standard InChI is InChI=1S/C10H14N2O7P2/c1-19-10(21(16,17)18)5-7-3-2-4-8-11-9(6-12(7)8)20(13,14)15/h2-4,6,10H,5H2,1H3,(H2,13,14,15)(H2,16,17,18). The van der Waals surface area contributed by atoms with Crippen LogP contribution in [0.3, 0.4) is 0 Å². The summed E-state index contributed by atoms with van der Waals surface area (Å²) in [6.45, 7) is 0. The highest BCUT2D eigenvalue weighted by Gasteiger charge is 2.30. The number of fused-ring (bicyclic) bond motifs is 1. The molecule has 0 fully saturated rings. The number of hydrogen-bond acceptors (Lipinski definition) is 4. The summed E-state index contributed by atoms with van der Waals surface area (Å²) in [6.07, 6.45) is 1.02. The minimum atomic E-state index is -4.50. The van der Waals surface area contributed by atoms with Crippen molar-refractivity contribution in [3.8, 4) is 0 Å². The molecule has 116 valence electrons. The topological polar surface area (TPSA) is 142 Å². The van der Waals surface area contributed by atoms with Gasteiger partial charge in [-0.15, -0.1) is 0 Å². The lowest BCUT2D eigenvalue weighted by atomic mass is 10.3. The summed E-state index contributed by atoms with van der Waals surface area (Å²) in [5, 5.41) is 0. The number of hydrogen-bond donors (Lipinski definition) is 4. The predicted molar refractivity (Wildman–Crippen MR) is 73.4 cm³/mol. The van der Waals surface area contributed by atoms with E-state index in [4.69, 9.17) is 14.5 Å². The summed E-state index contributed by atoms with van der Waals surface area (Å²) in [5.41, 5.74) is 0.279. The number of nitrogens with zero attached hydrogens (tertiary/aromatic N) is 2. The summed E-state index contributed by atoms with van der Waals surface area (Å²) in [7, 11) is -7.78. The number of pyridine rings is 1. The van der Waals surface area contributed by atoms with Crippen LogP contribution in [0.1, 0.15) is 5.69 Å². The lowest BCUT2D eigenvalue weighted by Gasteiger charge is -2.17. The van der Waals surface area contributed by atoms with Gasteiger partial charge in [0.15, 0.2) is 11.3 Å². The van der Waals surface area contributed by atoms with E-state index in [0.717, 1.165) is 6.20 Å². The van der Waals surface area contributed by atoms with Crippen LogP contribution in [0.25, 0.3) is 5.65 Å². The van der Waals surface area contributed by atoms with Gasteiger partial charge in [-0.05, 0) is 12.1 Å². The maximum Gasteiger partial charge on any atom is 0.376 e. The zero-order valence-corrected chi connectivity index (χ0v) is 12.7. The van der Waals surface area contributed by atoms with Crippen molar-refractivity contribution in [3.05, 3.63) is 30.1 Å². The van der Waals surface area contributed by atoms with Crippen LogP contribution in [0.4, 0.5) is 0 Å². The minimum Gasteiger partial charge on any atom is -0.368 e. The monoisotopic (exact) mass is 336 g/mol. The summed E-state index contributed by atoms with van der Waals surface area (Å²) in [6, 6.07) is 4.68. The Morgan fingerprint density at radius 3 is 2.48 bits per heavy atom. The Bertz CT molecular complexity index is 747. The van der Waals surface area contributed by atoms with Crippen LogP contribution < -0.4 is 5.44 Å². The smallest absolute Gasteiger partial charge is 0.368 e. The predicted octanol–water partition coefficient (Wildman–Crippen LogP) is -0.170. The summed E-state index contributed by atoms with van der Waals surface area (Å²) in [4.78, 5) is 40.4. The van der Waals surface area contributed by atoms with Gasteiger partial charge in [-0.25, -0.2) is 4.98 Å². The molecule has 0 aliphatic carbocycles. The van der Waals surface area contributed by atoms with Crippen LogP contribution in [0, 0.1) is 0 Å². The molecule has 1 unspecified atom stereocenters. The van der Waals surface area contributed by atoms with E-state index in [2.05, 4.69) is 4.98 Å². The van der Waals surface area contributed by atoms with Crippen LogP contribution in [-0.2, 0) is 20.3 Å². The molecule has 0 aromatic carbocycles. The maximum absolute atomic E-state index is 11.3. The molecule has 4 N–H and O–H groups in total. The highest BCUT2D eigenvalue weighted by atomic mass is 31.2. The lowest BCUT2D eigenvalue weighted by molar-refractivity contribution is 0.135. The maximum atomic E-state index is 11.3. The van der Waals surface area contributed by atoms with Crippen LogP contribution >= 0.6 is 15.2 Å². The van der Waals surface area contributed by atoms with Gasteiger partial charge in [-0.2, -0.15) is 0 Å². The summed E-state index contributed by atoms with van der Waals surface area (Å²) in [5.74, 6) is -1.34. The minimum absolute atomic E-state index is 0.130. The van der Waals surface area contributed by atoms with E-state index >= 15 is 0 Å². The number of rotatable bonds is 5. The third-order valence-corrected chi connectivity index (χ3v) is 4.85. The Morgan fingerprint density at radius 1 is 1.29 bits per heavy atom. The van der Waals surface area contributed by atoms with Crippen molar-refractivity contribution in [2.45, 2.75) is 12.3 Å². The summed E-state index contributed by atoms with van der Waals surface area (Å²) >= 11 is 0. The molecule has 2 rings (SSSR count). The van der Waals surface area contributed by atoms with E-state index in [9.17, 15) is 18.9 Å². The Hall–Kier alpha value is -1.05. The van der Waals surface area contributed by atoms with Crippen LogP contribution in [0.2, 0.25) is 0 Å². The Kier molecular flexibility index (Phi) is 4.37. The van der Waals surface area contributed by atoms with E-state index in [1.165, 1.54) is 17.6 Å². The molecule has 0 saturated carbocycles. The van der Waals surface area contributed by atoms with E-state index in [-0.39, 0.29) is 12.1 Å². The molecule has 2 aromatic rings. The van der Waals surface area contributed by atoms with Crippen molar-refractivity contribution in [2.75, 3.05) is 7.11 Å². The molecule has 2 heterocycles. The molecule has 0 spiro atoms. The third kappa shape index (κ3) is 3.59. The molecule has 1 atom stereocenters. The molecular weight excluding hydrogens is 322 g/mol. The van der Waals surface area contributed by atoms with Crippen molar-refractivity contribution < 1.29 is 33.4 Å². The number of methoxy groups -OCH3 is 1. The van der Waals surface area contributed by atoms with Crippen molar-refractivity contribution in [3.63, 3.8) is 0 Å². The van der Waals surface area contributed by atoms with Gasteiger partial charge in [-0.1, -0.05) is 6.07 Å². The molecule has 11 heteroatoms. The Labute approximate surface area is 119 Å². The highest BCUT2D eigenvalue weighted by Crippen LogP contribution is 2.43. The number of imidazole rings is 1. The fourth-order valence-corrected chi connectivity index (χ4v) is 3.08. The molecule has 0 bridgehead atoms. The number of ether oxygens (including phenoxy) is 1. The van der Waals surface area contributed by atoms with Crippen LogP contribution in [0.5, 0.6) is 0 Å². The van der Waals surface area contributed by atoms with Crippen molar-refractivity contribution in [1.29, 1.82) is 0 Å². The average Bonchev–Trinajstić information content (AvgIpc) is 2.78. The zero-order valence-electron chi connectivity index (χ0n) is 10.9. The lowest BCUT2D eigenvalue weighted by Crippen LogP contribution is -2.16. The molecule has 9 nitrogen and oxygen atoms in total. The van der Waals surface area contributed by atoms with E-state index in [0.29, 0.717) is 5.69 Å². The Balaban J connectivity index is 2.48. The fourth-order valence-electron chi connectivity index (χ4n) is 1.88. The first-order valence-corrected chi connectivity index (χ1v) is 9.03. The molecule has 0 radical (unpaired) electrons. The van der Waals surface area contributed by atoms with Gasteiger partial charge in [0.2, 0.25) is 0 Å². The molecular formula is C10H14N2O7P2. The van der Waals surface area contributed by atoms with E-state index in [1.807, 2.05) is 0 Å². The second-order valence-electron chi connectivity index (χ2n) is 4.37. The first-order chi connectivity index (χ1) is 9.63. The van der Waals surface area contributed by atoms with Gasteiger partial charge in [0.25, 0.3) is 0 Å². The molecule has 0 amide bonds. The normalized spacial score (nSPS) is 14.5. The molecule has 0 aliphatic rings. The molecule has 0 aliphatic heterocycles. The quantitative estimate of drug-likeness (QED) is 0.551. The molecule has 0 saturated heterocycles.